The van der Waals surface area contributed by atoms with Gasteiger partial charge in [-0.1, -0.05) is 6.92 Å². The molecular weight excluding hydrogens is 222 g/mol. The molecule has 1 heterocycles. The lowest BCUT2D eigenvalue weighted by Crippen LogP contribution is -2.45. The molecule has 2 atom stereocenters. The molecule has 4 heteroatoms. The zero-order valence-electron chi connectivity index (χ0n) is 10.00. The van der Waals surface area contributed by atoms with Crippen LogP contribution in [0.15, 0.2) is 18.2 Å². The Morgan fingerprint density at radius 3 is 2.53 bits per heavy atom. The van der Waals surface area contributed by atoms with Gasteiger partial charge in [0, 0.05) is 12.1 Å². The average Bonchev–Trinajstić information content (AvgIpc) is 2.27. The van der Waals surface area contributed by atoms with E-state index in [0.717, 1.165) is 32.0 Å². The van der Waals surface area contributed by atoms with Gasteiger partial charge in [0.05, 0.1) is 6.04 Å². The van der Waals surface area contributed by atoms with Gasteiger partial charge in [-0.3, -0.25) is 4.90 Å². The lowest BCUT2D eigenvalue weighted by atomic mass is 9.91. The molecule has 0 aromatic heterocycles. The second kappa shape index (κ2) is 5.10. The number of nitrogens with zero attached hydrogens (tertiary/aromatic N) is 1. The first-order chi connectivity index (χ1) is 8.11. The average molecular weight is 240 g/mol. The van der Waals surface area contributed by atoms with Gasteiger partial charge in [0.25, 0.3) is 0 Å². The molecule has 0 aliphatic carbocycles. The molecule has 1 aliphatic rings. The fraction of sp³-hybridized carbons (Fsp3) is 0.538. The van der Waals surface area contributed by atoms with Crippen molar-refractivity contribution in [2.75, 3.05) is 13.1 Å². The number of likely N-dealkylation sites (tertiary alicyclic amines) is 1. The normalized spacial score (nSPS) is 26.1. The first-order valence-corrected chi connectivity index (χ1v) is 6.07. The summed E-state index contributed by atoms with van der Waals surface area (Å²) in [4.78, 5) is 2.18. The lowest BCUT2D eigenvalue weighted by Gasteiger charge is -2.39. The summed E-state index contributed by atoms with van der Waals surface area (Å²) in [5.74, 6) is -1.07. The monoisotopic (exact) mass is 240 g/mol. The molecule has 0 amide bonds. The number of hydrogen-bond donors (Lipinski definition) is 1. The lowest BCUT2D eigenvalue weighted by molar-refractivity contribution is 0.135. The molecule has 1 aromatic rings. The van der Waals surface area contributed by atoms with Crippen molar-refractivity contribution in [1.82, 2.24) is 4.90 Å². The van der Waals surface area contributed by atoms with Crippen molar-refractivity contribution in [3.05, 3.63) is 35.4 Å². The van der Waals surface area contributed by atoms with E-state index in [9.17, 15) is 8.78 Å². The molecule has 2 unspecified atom stereocenters. The maximum Gasteiger partial charge on any atom is 0.126 e. The molecule has 1 saturated heterocycles. The number of nitrogens with two attached hydrogens (primary N) is 1. The summed E-state index contributed by atoms with van der Waals surface area (Å²) < 4.78 is 26.5. The third-order valence-electron chi connectivity index (χ3n) is 3.41. The van der Waals surface area contributed by atoms with Crippen molar-refractivity contribution in [1.29, 1.82) is 0 Å². The second-order valence-electron chi connectivity index (χ2n) is 4.58. The fourth-order valence-corrected chi connectivity index (χ4v) is 2.66. The number of piperidine rings is 1. The first kappa shape index (κ1) is 12.5. The second-order valence-corrected chi connectivity index (χ2v) is 4.58. The van der Waals surface area contributed by atoms with Crippen molar-refractivity contribution in [3.8, 4) is 0 Å². The van der Waals surface area contributed by atoms with Crippen LogP contribution >= 0.6 is 0 Å². The minimum Gasteiger partial charge on any atom is -0.326 e. The van der Waals surface area contributed by atoms with Crippen LogP contribution in [-0.4, -0.2) is 24.0 Å². The van der Waals surface area contributed by atoms with E-state index in [-0.39, 0.29) is 12.1 Å². The Hall–Kier alpha value is -1.00. The van der Waals surface area contributed by atoms with Crippen LogP contribution < -0.4 is 5.73 Å². The molecule has 0 radical (unpaired) electrons. The van der Waals surface area contributed by atoms with E-state index in [1.54, 1.807) is 0 Å². The summed E-state index contributed by atoms with van der Waals surface area (Å²) in [6.07, 6.45) is 1.95. The minimum absolute atomic E-state index is 0.0510. The highest BCUT2D eigenvalue weighted by Crippen LogP contribution is 2.30. The van der Waals surface area contributed by atoms with Crippen LogP contribution in [0, 0.1) is 11.6 Å². The van der Waals surface area contributed by atoms with Crippen molar-refractivity contribution in [2.24, 2.45) is 5.73 Å². The van der Waals surface area contributed by atoms with Crippen LogP contribution in [0.3, 0.4) is 0 Å². The Morgan fingerprint density at radius 2 is 1.94 bits per heavy atom. The number of rotatable bonds is 2. The Morgan fingerprint density at radius 1 is 1.29 bits per heavy atom. The molecule has 2 N–H and O–H groups in total. The van der Waals surface area contributed by atoms with Gasteiger partial charge in [0.15, 0.2) is 0 Å². The van der Waals surface area contributed by atoms with Crippen molar-refractivity contribution in [3.63, 3.8) is 0 Å². The predicted molar refractivity (Wildman–Crippen MR) is 63.6 cm³/mol. The summed E-state index contributed by atoms with van der Waals surface area (Å²) in [6, 6.07) is 3.56. The van der Waals surface area contributed by atoms with Crippen LogP contribution in [0.2, 0.25) is 0 Å². The Balaban J connectivity index is 2.34. The molecule has 1 aliphatic heterocycles. The largest absolute Gasteiger partial charge is 0.326 e. The minimum atomic E-state index is -0.533. The molecule has 0 spiro atoms. The summed E-state index contributed by atoms with van der Waals surface area (Å²) in [5.41, 5.74) is 6.74. The summed E-state index contributed by atoms with van der Waals surface area (Å²) in [6.45, 7) is 3.82. The van der Waals surface area contributed by atoms with E-state index < -0.39 is 11.6 Å². The van der Waals surface area contributed by atoms with Crippen LogP contribution in [0.5, 0.6) is 0 Å². The van der Waals surface area contributed by atoms with Crippen LogP contribution in [0.1, 0.15) is 31.4 Å². The quantitative estimate of drug-likeness (QED) is 0.860. The number of hydrogen-bond acceptors (Lipinski definition) is 2. The Labute approximate surface area is 100 Å². The highest BCUT2D eigenvalue weighted by Gasteiger charge is 2.29. The van der Waals surface area contributed by atoms with E-state index >= 15 is 0 Å². The van der Waals surface area contributed by atoms with Crippen molar-refractivity contribution < 1.29 is 8.78 Å². The van der Waals surface area contributed by atoms with Gasteiger partial charge in [-0.2, -0.15) is 0 Å². The molecular formula is C13H18F2N2. The van der Waals surface area contributed by atoms with Crippen LogP contribution in [0.4, 0.5) is 8.78 Å². The van der Waals surface area contributed by atoms with E-state index in [0.29, 0.717) is 5.56 Å². The number of likely N-dealkylation sites (N-methyl/N-ethyl adjacent to an activating group) is 1. The summed E-state index contributed by atoms with van der Waals surface area (Å²) in [7, 11) is 0. The number of benzene rings is 1. The van der Waals surface area contributed by atoms with E-state index in [4.69, 9.17) is 5.73 Å². The zero-order chi connectivity index (χ0) is 12.4. The van der Waals surface area contributed by atoms with E-state index in [1.807, 2.05) is 6.92 Å². The van der Waals surface area contributed by atoms with Gasteiger partial charge in [-0.15, -0.1) is 0 Å². The van der Waals surface area contributed by atoms with Gasteiger partial charge >= 0.3 is 0 Å². The summed E-state index contributed by atoms with van der Waals surface area (Å²) >= 11 is 0. The zero-order valence-corrected chi connectivity index (χ0v) is 10.00. The molecule has 0 saturated carbocycles. The SMILES string of the molecule is CCN1CCCC(N)C1c1cc(F)cc(F)c1. The van der Waals surface area contributed by atoms with Crippen molar-refractivity contribution >= 4 is 0 Å². The maximum atomic E-state index is 13.2. The molecule has 0 bridgehead atoms. The van der Waals surface area contributed by atoms with Crippen molar-refractivity contribution in [2.45, 2.75) is 31.8 Å². The standard InChI is InChI=1S/C13H18F2N2/c1-2-17-5-3-4-12(16)13(17)9-6-10(14)8-11(15)7-9/h6-8,12-13H,2-5,16H2,1H3. The topological polar surface area (TPSA) is 29.3 Å². The number of halogens is 2. The van der Waals surface area contributed by atoms with Gasteiger partial charge in [0.2, 0.25) is 0 Å². The molecule has 1 aromatic carbocycles. The predicted octanol–water partition coefficient (Wildman–Crippen LogP) is 2.45. The van der Waals surface area contributed by atoms with Gasteiger partial charge in [-0.25, -0.2) is 8.78 Å². The third-order valence-corrected chi connectivity index (χ3v) is 3.41. The van der Waals surface area contributed by atoms with Gasteiger partial charge in [0.1, 0.15) is 11.6 Å². The van der Waals surface area contributed by atoms with E-state index in [2.05, 4.69) is 4.90 Å². The van der Waals surface area contributed by atoms with Crippen LogP contribution in [0.25, 0.3) is 0 Å². The van der Waals surface area contributed by atoms with Gasteiger partial charge < -0.3 is 5.73 Å². The smallest absolute Gasteiger partial charge is 0.126 e. The molecule has 94 valence electrons. The summed E-state index contributed by atoms with van der Waals surface area (Å²) in [5, 5.41) is 0. The fourth-order valence-electron chi connectivity index (χ4n) is 2.66. The Kier molecular flexibility index (Phi) is 3.74. The first-order valence-electron chi connectivity index (χ1n) is 6.07. The highest BCUT2D eigenvalue weighted by atomic mass is 19.1. The van der Waals surface area contributed by atoms with Gasteiger partial charge in [-0.05, 0) is 43.6 Å². The molecule has 2 nitrogen and oxygen atoms in total. The third kappa shape index (κ3) is 2.64. The maximum absolute atomic E-state index is 13.2. The molecule has 2 rings (SSSR count). The molecule has 1 fully saturated rings. The van der Waals surface area contributed by atoms with E-state index in [1.165, 1.54) is 12.1 Å². The molecule has 17 heavy (non-hydrogen) atoms. The Bertz CT molecular complexity index is 375. The van der Waals surface area contributed by atoms with Crippen LogP contribution in [-0.2, 0) is 0 Å². The highest BCUT2D eigenvalue weighted by molar-refractivity contribution is 5.23.